The first kappa shape index (κ1) is 7.23. The molecule has 0 rings (SSSR count). The number of hydrogen-bond acceptors (Lipinski definition) is 2. The van der Waals surface area contributed by atoms with E-state index in [1.165, 1.54) is 0 Å². The Morgan fingerprint density at radius 1 is 2.00 bits per heavy atom. The number of aliphatic hydroxyl groups excluding tert-OH is 1. The van der Waals surface area contributed by atoms with Crippen molar-refractivity contribution in [2.24, 2.45) is 5.73 Å². The molecule has 0 saturated heterocycles. The SMILES string of the molecule is CC(CO)NC(N)=O. The number of amides is 2. The largest absolute Gasteiger partial charge is 0.394 e. The van der Waals surface area contributed by atoms with E-state index in [-0.39, 0.29) is 12.6 Å². The van der Waals surface area contributed by atoms with Gasteiger partial charge in [-0.05, 0) is 6.92 Å². The monoisotopic (exact) mass is 118 g/mol. The first-order valence-corrected chi connectivity index (χ1v) is 2.33. The third kappa shape index (κ3) is 3.42. The maximum atomic E-state index is 9.97. The van der Waals surface area contributed by atoms with Crippen LogP contribution < -0.4 is 11.1 Å². The molecule has 0 saturated carbocycles. The molecule has 1 atom stereocenters. The lowest BCUT2D eigenvalue weighted by atomic mass is 10.4. The van der Waals surface area contributed by atoms with Gasteiger partial charge in [0.2, 0.25) is 0 Å². The van der Waals surface area contributed by atoms with Gasteiger partial charge in [0.1, 0.15) is 0 Å². The van der Waals surface area contributed by atoms with E-state index in [1.807, 2.05) is 0 Å². The molecule has 0 aliphatic carbocycles. The summed E-state index contributed by atoms with van der Waals surface area (Å²) in [5, 5.41) is 10.6. The van der Waals surface area contributed by atoms with Gasteiger partial charge in [0.25, 0.3) is 0 Å². The van der Waals surface area contributed by atoms with Crippen LogP contribution in [-0.4, -0.2) is 23.8 Å². The number of hydrogen-bond donors (Lipinski definition) is 3. The van der Waals surface area contributed by atoms with Crippen molar-refractivity contribution in [1.29, 1.82) is 0 Å². The van der Waals surface area contributed by atoms with E-state index in [0.717, 1.165) is 0 Å². The van der Waals surface area contributed by atoms with E-state index in [2.05, 4.69) is 5.32 Å². The minimum atomic E-state index is -0.605. The Hall–Kier alpha value is -0.770. The number of nitrogens with two attached hydrogens (primary N) is 1. The normalized spacial score (nSPS) is 12.8. The van der Waals surface area contributed by atoms with E-state index >= 15 is 0 Å². The third-order valence-corrected chi connectivity index (χ3v) is 0.663. The third-order valence-electron chi connectivity index (χ3n) is 0.663. The average molecular weight is 118 g/mol. The fourth-order valence-corrected chi connectivity index (χ4v) is 0.288. The lowest BCUT2D eigenvalue weighted by Gasteiger charge is -2.05. The summed E-state index contributed by atoms with van der Waals surface area (Å²) in [4.78, 5) is 9.97. The van der Waals surface area contributed by atoms with Crippen molar-refractivity contribution in [2.75, 3.05) is 6.61 Å². The van der Waals surface area contributed by atoms with Crippen LogP contribution in [0.3, 0.4) is 0 Å². The molecule has 0 aromatic heterocycles. The molecule has 0 aromatic carbocycles. The molecule has 1 unspecified atom stereocenters. The van der Waals surface area contributed by atoms with Crippen molar-refractivity contribution in [3.05, 3.63) is 0 Å². The summed E-state index contributed by atoms with van der Waals surface area (Å²) >= 11 is 0. The Morgan fingerprint density at radius 3 is 2.62 bits per heavy atom. The van der Waals surface area contributed by atoms with E-state index in [9.17, 15) is 4.79 Å². The summed E-state index contributed by atoms with van der Waals surface area (Å²) < 4.78 is 0. The van der Waals surface area contributed by atoms with Gasteiger partial charge in [-0.15, -0.1) is 0 Å². The number of carbonyl (C=O) groups is 1. The fraction of sp³-hybridized carbons (Fsp3) is 0.750. The smallest absolute Gasteiger partial charge is 0.312 e. The maximum Gasteiger partial charge on any atom is 0.312 e. The number of rotatable bonds is 2. The highest BCUT2D eigenvalue weighted by Gasteiger charge is 1.98. The molecule has 0 radical (unpaired) electrons. The van der Waals surface area contributed by atoms with Crippen LogP contribution in [0.2, 0.25) is 0 Å². The minimum absolute atomic E-state index is 0.0804. The summed E-state index contributed by atoms with van der Waals surface area (Å²) in [6.45, 7) is 1.58. The Kier molecular flexibility index (Phi) is 2.95. The van der Waals surface area contributed by atoms with Crippen LogP contribution in [0.4, 0.5) is 4.79 Å². The highest BCUT2D eigenvalue weighted by atomic mass is 16.3. The molecule has 0 bridgehead atoms. The quantitative estimate of drug-likeness (QED) is 0.436. The number of aliphatic hydroxyl groups is 1. The Balaban J connectivity index is 3.24. The molecular formula is C4H10N2O2. The first-order chi connectivity index (χ1) is 3.66. The molecule has 2 amide bonds. The lowest BCUT2D eigenvalue weighted by molar-refractivity contribution is 0.227. The summed E-state index contributed by atoms with van der Waals surface area (Å²) in [6, 6.07) is -0.848. The van der Waals surface area contributed by atoms with E-state index in [1.54, 1.807) is 6.92 Å². The highest BCUT2D eigenvalue weighted by molar-refractivity contribution is 5.71. The van der Waals surface area contributed by atoms with Crippen molar-refractivity contribution >= 4 is 6.03 Å². The summed E-state index contributed by atoms with van der Waals surface area (Å²) in [5.41, 5.74) is 4.71. The van der Waals surface area contributed by atoms with E-state index in [0.29, 0.717) is 0 Å². The summed E-state index contributed by atoms with van der Waals surface area (Å²) in [7, 11) is 0. The number of urea groups is 1. The highest BCUT2D eigenvalue weighted by Crippen LogP contribution is 1.73. The Labute approximate surface area is 47.7 Å². The van der Waals surface area contributed by atoms with Gasteiger partial charge in [0.05, 0.1) is 12.6 Å². The summed E-state index contributed by atoms with van der Waals surface area (Å²) in [5.74, 6) is 0. The molecule has 0 heterocycles. The number of nitrogens with one attached hydrogen (secondary N) is 1. The van der Waals surface area contributed by atoms with Crippen molar-refractivity contribution < 1.29 is 9.90 Å². The van der Waals surface area contributed by atoms with Gasteiger partial charge >= 0.3 is 6.03 Å². The molecular weight excluding hydrogens is 108 g/mol. The second-order valence-corrected chi connectivity index (χ2v) is 1.59. The molecule has 4 heteroatoms. The van der Waals surface area contributed by atoms with Gasteiger partial charge in [0, 0.05) is 0 Å². The topological polar surface area (TPSA) is 75.3 Å². The van der Waals surface area contributed by atoms with Gasteiger partial charge < -0.3 is 16.2 Å². The van der Waals surface area contributed by atoms with Gasteiger partial charge in [-0.3, -0.25) is 0 Å². The maximum absolute atomic E-state index is 9.97. The molecule has 0 fully saturated rings. The molecule has 4 nitrogen and oxygen atoms in total. The molecule has 48 valence electrons. The molecule has 0 aromatic rings. The van der Waals surface area contributed by atoms with Crippen LogP contribution in [0.5, 0.6) is 0 Å². The Bertz CT molecular complexity index is 84.1. The van der Waals surface area contributed by atoms with Crippen LogP contribution >= 0.6 is 0 Å². The van der Waals surface area contributed by atoms with E-state index in [4.69, 9.17) is 10.8 Å². The molecule has 8 heavy (non-hydrogen) atoms. The molecule has 4 N–H and O–H groups in total. The van der Waals surface area contributed by atoms with Crippen LogP contribution in [0.15, 0.2) is 0 Å². The van der Waals surface area contributed by atoms with Crippen molar-refractivity contribution in [2.45, 2.75) is 13.0 Å². The van der Waals surface area contributed by atoms with Gasteiger partial charge in [0.15, 0.2) is 0 Å². The van der Waals surface area contributed by atoms with Crippen molar-refractivity contribution in [3.63, 3.8) is 0 Å². The predicted molar refractivity (Wildman–Crippen MR) is 29.3 cm³/mol. The van der Waals surface area contributed by atoms with Crippen LogP contribution in [0.1, 0.15) is 6.92 Å². The molecule has 0 spiro atoms. The zero-order valence-corrected chi connectivity index (χ0v) is 4.72. The zero-order valence-electron chi connectivity index (χ0n) is 4.72. The standard InChI is InChI=1S/C4H10N2O2/c1-3(2-7)6-4(5)8/h3,7H,2H2,1H3,(H3,5,6,8). The molecule has 0 aliphatic heterocycles. The lowest BCUT2D eigenvalue weighted by Crippen LogP contribution is -2.38. The van der Waals surface area contributed by atoms with Gasteiger partial charge in [-0.25, -0.2) is 4.79 Å². The van der Waals surface area contributed by atoms with Crippen LogP contribution in [-0.2, 0) is 0 Å². The van der Waals surface area contributed by atoms with E-state index < -0.39 is 6.03 Å². The average Bonchev–Trinajstić information content (AvgIpc) is 1.65. The number of carbonyl (C=O) groups excluding carboxylic acids is 1. The van der Waals surface area contributed by atoms with Gasteiger partial charge in [-0.2, -0.15) is 0 Å². The Morgan fingerprint density at radius 2 is 2.50 bits per heavy atom. The fourth-order valence-electron chi connectivity index (χ4n) is 0.288. The van der Waals surface area contributed by atoms with Crippen LogP contribution in [0, 0.1) is 0 Å². The minimum Gasteiger partial charge on any atom is -0.394 e. The number of primary amides is 1. The van der Waals surface area contributed by atoms with Gasteiger partial charge in [-0.1, -0.05) is 0 Å². The second-order valence-electron chi connectivity index (χ2n) is 1.59. The van der Waals surface area contributed by atoms with Crippen LogP contribution in [0.25, 0.3) is 0 Å². The van der Waals surface area contributed by atoms with Crippen molar-refractivity contribution in [1.82, 2.24) is 5.32 Å². The first-order valence-electron chi connectivity index (χ1n) is 2.33. The summed E-state index contributed by atoms with van der Waals surface area (Å²) in [6.07, 6.45) is 0. The van der Waals surface area contributed by atoms with Crippen molar-refractivity contribution in [3.8, 4) is 0 Å². The zero-order chi connectivity index (χ0) is 6.57. The predicted octanol–water partition coefficient (Wildman–Crippen LogP) is -0.965. The molecule has 0 aliphatic rings. The second kappa shape index (κ2) is 3.26.